The summed E-state index contributed by atoms with van der Waals surface area (Å²) in [5.74, 6) is -0.0706. The standard InChI is InChI=1S/C13H19NO4/c1-4-10-8(2)7-11(18-10)13(17)14-9(3)5-6-12(15)16/h7,9H,4-6H2,1-3H3,(H,14,17)(H,15,16). The lowest BCUT2D eigenvalue weighted by atomic mass is 10.2. The third-order valence-corrected chi connectivity index (χ3v) is 2.73. The largest absolute Gasteiger partial charge is 0.481 e. The van der Waals surface area contributed by atoms with Gasteiger partial charge in [-0.1, -0.05) is 6.92 Å². The highest BCUT2D eigenvalue weighted by Crippen LogP contribution is 2.15. The Morgan fingerprint density at radius 1 is 1.50 bits per heavy atom. The molecule has 1 rings (SSSR count). The number of aryl methyl sites for hydroxylation is 2. The molecule has 0 aliphatic rings. The van der Waals surface area contributed by atoms with E-state index in [2.05, 4.69) is 5.32 Å². The maximum atomic E-state index is 11.8. The van der Waals surface area contributed by atoms with Crippen LogP contribution in [0.15, 0.2) is 10.5 Å². The minimum absolute atomic E-state index is 0.0405. The first kappa shape index (κ1) is 14.3. The van der Waals surface area contributed by atoms with Gasteiger partial charge >= 0.3 is 5.97 Å². The topological polar surface area (TPSA) is 79.5 Å². The van der Waals surface area contributed by atoms with Gasteiger partial charge in [-0.15, -0.1) is 0 Å². The van der Waals surface area contributed by atoms with Gasteiger partial charge in [0.2, 0.25) is 0 Å². The van der Waals surface area contributed by atoms with Crippen molar-refractivity contribution in [2.24, 2.45) is 0 Å². The molecule has 0 aliphatic heterocycles. The molecule has 0 radical (unpaired) electrons. The van der Waals surface area contributed by atoms with Gasteiger partial charge in [0, 0.05) is 18.9 Å². The van der Waals surface area contributed by atoms with E-state index in [-0.39, 0.29) is 24.1 Å². The number of aliphatic carboxylic acids is 1. The third-order valence-electron chi connectivity index (χ3n) is 2.73. The summed E-state index contributed by atoms with van der Waals surface area (Å²) in [7, 11) is 0. The Balaban J connectivity index is 2.56. The summed E-state index contributed by atoms with van der Waals surface area (Å²) < 4.78 is 5.42. The van der Waals surface area contributed by atoms with Crippen LogP contribution in [-0.4, -0.2) is 23.0 Å². The number of amides is 1. The number of nitrogens with one attached hydrogen (secondary N) is 1. The van der Waals surface area contributed by atoms with E-state index in [1.165, 1.54) is 0 Å². The van der Waals surface area contributed by atoms with Crippen LogP contribution in [-0.2, 0) is 11.2 Å². The summed E-state index contributed by atoms with van der Waals surface area (Å²) in [5.41, 5.74) is 0.959. The van der Waals surface area contributed by atoms with Crippen LogP contribution in [0.4, 0.5) is 0 Å². The molecule has 100 valence electrons. The Morgan fingerprint density at radius 3 is 2.67 bits per heavy atom. The van der Waals surface area contributed by atoms with E-state index >= 15 is 0 Å². The van der Waals surface area contributed by atoms with Gasteiger partial charge < -0.3 is 14.8 Å². The summed E-state index contributed by atoms with van der Waals surface area (Å²) >= 11 is 0. The first-order valence-corrected chi connectivity index (χ1v) is 6.06. The van der Waals surface area contributed by atoms with Crippen molar-refractivity contribution in [2.45, 2.75) is 46.1 Å². The number of carbonyl (C=O) groups is 2. The van der Waals surface area contributed by atoms with Crippen molar-refractivity contribution in [3.63, 3.8) is 0 Å². The second kappa shape index (κ2) is 6.23. The molecule has 5 nitrogen and oxygen atoms in total. The molecule has 1 amide bonds. The van der Waals surface area contributed by atoms with Crippen molar-refractivity contribution in [2.75, 3.05) is 0 Å². The average molecular weight is 253 g/mol. The Hall–Kier alpha value is -1.78. The summed E-state index contributed by atoms with van der Waals surface area (Å²) in [4.78, 5) is 22.2. The quantitative estimate of drug-likeness (QED) is 0.814. The molecule has 0 saturated heterocycles. The molecule has 0 bridgehead atoms. The van der Waals surface area contributed by atoms with Crippen molar-refractivity contribution < 1.29 is 19.1 Å². The maximum Gasteiger partial charge on any atom is 0.303 e. The van der Waals surface area contributed by atoms with Gasteiger partial charge in [0.15, 0.2) is 5.76 Å². The van der Waals surface area contributed by atoms with Crippen molar-refractivity contribution >= 4 is 11.9 Å². The summed E-state index contributed by atoms with van der Waals surface area (Å²) in [5, 5.41) is 11.3. The highest BCUT2D eigenvalue weighted by molar-refractivity contribution is 5.92. The number of hydrogen-bond acceptors (Lipinski definition) is 3. The molecular weight excluding hydrogens is 234 g/mol. The zero-order chi connectivity index (χ0) is 13.7. The van der Waals surface area contributed by atoms with E-state index in [0.717, 1.165) is 17.7 Å². The lowest BCUT2D eigenvalue weighted by Gasteiger charge is -2.11. The lowest BCUT2D eigenvalue weighted by molar-refractivity contribution is -0.137. The van der Waals surface area contributed by atoms with E-state index in [1.54, 1.807) is 13.0 Å². The summed E-state index contributed by atoms with van der Waals surface area (Å²) in [6.45, 7) is 5.63. The van der Waals surface area contributed by atoms with Gasteiger partial charge in [-0.3, -0.25) is 9.59 Å². The van der Waals surface area contributed by atoms with Crippen LogP contribution in [0.3, 0.4) is 0 Å². The average Bonchev–Trinajstić information content (AvgIpc) is 2.68. The van der Waals surface area contributed by atoms with E-state index in [0.29, 0.717) is 6.42 Å². The predicted octanol–water partition coefficient (Wildman–Crippen LogP) is 2.13. The van der Waals surface area contributed by atoms with Crippen LogP contribution < -0.4 is 5.32 Å². The first-order chi connectivity index (χ1) is 8.43. The Kier molecular flexibility index (Phi) is 4.95. The predicted molar refractivity (Wildman–Crippen MR) is 66.6 cm³/mol. The molecule has 0 spiro atoms. The van der Waals surface area contributed by atoms with Crippen molar-refractivity contribution in [3.05, 3.63) is 23.2 Å². The van der Waals surface area contributed by atoms with Gasteiger partial charge in [0.25, 0.3) is 5.91 Å². The van der Waals surface area contributed by atoms with Crippen LogP contribution in [0.2, 0.25) is 0 Å². The number of carbonyl (C=O) groups excluding carboxylic acids is 1. The van der Waals surface area contributed by atoms with Crippen LogP contribution in [0.1, 0.15) is 48.6 Å². The molecule has 1 aromatic heterocycles. The molecule has 0 aliphatic carbocycles. The van der Waals surface area contributed by atoms with Crippen LogP contribution in [0, 0.1) is 6.92 Å². The molecule has 1 aromatic rings. The SMILES string of the molecule is CCc1oc(C(=O)NC(C)CCC(=O)O)cc1C. The van der Waals surface area contributed by atoms with Gasteiger partial charge in [0.1, 0.15) is 5.76 Å². The first-order valence-electron chi connectivity index (χ1n) is 6.06. The number of carboxylic acids is 1. The molecular formula is C13H19NO4. The highest BCUT2D eigenvalue weighted by atomic mass is 16.4. The second-order valence-electron chi connectivity index (χ2n) is 4.38. The van der Waals surface area contributed by atoms with Gasteiger partial charge in [-0.2, -0.15) is 0 Å². The second-order valence-corrected chi connectivity index (χ2v) is 4.38. The fraction of sp³-hybridized carbons (Fsp3) is 0.538. The molecule has 0 aromatic carbocycles. The molecule has 2 N–H and O–H groups in total. The van der Waals surface area contributed by atoms with Crippen LogP contribution >= 0.6 is 0 Å². The molecule has 5 heteroatoms. The van der Waals surface area contributed by atoms with Crippen LogP contribution in [0.25, 0.3) is 0 Å². The number of rotatable bonds is 6. The van der Waals surface area contributed by atoms with Crippen molar-refractivity contribution in [1.29, 1.82) is 0 Å². The minimum Gasteiger partial charge on any atom is -0.481 e. The third kappa shape index (κ3) is 3.91. The van der Waals surface area contributed by atoms with Gasteiger partial charge in [-0.05, 0) is 31.9 Å². The zero-order valence-corrected chi connectivity index (χ0v) is 10.9. The Morgan fingerprint density at radius 2 is 2.17 bits per heavy atom. The summed E-state index contributed by atoms with van der Waals surface area (Å²) in [6.07, 6.45) is 1.19. The number of carboxylic acid groups (broad SMARTS) is 1. The molecule has 1 unspecified atom stereocenters. The van der Waals surface area contributed by atoms with E-state index in [1.807, 2.05) is 13.8 Å². The lowest BCUT2D eigenvalue weighted by Crippen LogP contribution is -2.32. The minimum atomic E-state index is -0.863. The fourth-order valence-electron chi connectivity index (χ4n) is 1.69. The van der Waals surface area contributed by atoms with Crippen molar-refractivity contribution in [3.8, 4) is 0 Å². The molecule has 0 fully saturated rings. The molecule has 1 heterocycles. The normalized spacial score (nSPS) is 12.2. The van der Waals surface area contributed by atoms with Gasteiger partial charge in [0.05, 0.1) is 0 Å². The zero-order valence-electron chi connectivity index (χ0n) is 10.9. The van der Waals surface area contributed by atoms with E-state index in [9.17, 15) is 9.59 Å². The Bertz CT molecular complexity index is 436. The van der Waals surface area contributed by atoms with Crippen molar-refractivity contribution in [1.82, 2.24) is 5.32 Å². The number of furan rings is 1. The molecule has 1 atom stereocenters. The monoisotopic (exact) mass is 253 g/mol. The van der Waals surface area contributed by atoms with Gasteiger partial charge in [-0.25, -0.2) is 0 Å². The number of hydrogen-bond donors (Lipinski definition) is 2. The molecule has 0 saturated carbocycles. The Labute approximate surface area is 106 Å². The van der Waals surface area contributed by atoms with E-state index < -0.39 is 5.97 Å². The highest BCUT2D eigenvalue weighted by Gasteiger charge is 2.16. The summed E-state index contributed by atoms with van der Waals surface area (Å²) in [6, 6.07) is 1.52. The fourth-order valence-corrected chi connectivity index (χ4v) is 1.69. The van der Waals surface area contributed by atoms with Crippen LogP contribution in [0.5, 0.6) is 0 Å². The smallest absolute Gasteiger partial charge is 0.303 e. The maximum absolute atomic E-state index is 11.8. The van der Waals surface area contributed by atoms with E-state index in [4.69, 9.17) is 9.52 Å². The molecule has 18 heavy (non-hydrogen) atoms.